The number of nitriles is 2. The highest BCUT2D eigenvalue weighted by atomic mass is 32.2. The standard InChI is InChI=1S/C22H12F2N4S3/c23-15-7-13(11-25)21-17(9-15)30-19(27-21)3-1-5-29-6-2-4-20-28-22-14(12-26)8-16(24)10-18(22)31-20/h1-4,7-10H,5-6H2. The highest BCUT2D eigenvalue weighted by Crippen LogP contribution is 2.28. The van der Waals surface area contributed by atoms with Crippen LogP contribution in [0.4, 0.5) is 8.78 Å². The Balaban J connectivity index is 1.33. The summed E-state index contributed by atoms with van der Waals surface area (Å²) in [6.07, 6.45) is 7.68. The number of thiazole rings is 2. The maximum absolute atomic E-state index is 13.5. The Labute approximate surface area is 188 Å². The Kier molecular flexibility index (Phi) is 6.38. The lowest BCUT2D eigenvalue weighted by Gasteiger charge is -1.91. The van der Waals surface area contributed by atoms with Gasteiger partial charge in [0.05, 0.1) is 31.6 Å². The zero-order valence-corrected chi connectivity index (χ0v) is 18.3. The lowest BCUT2D eigenvalue weighted by atomic mass is 10.2. The second-order valence-corrected chi connectivity index (χ2v) is 9.47. The Morgan fingerprint density at radius 3 is 1.68 bits per heavy atom. The van der Waals surface area contributed by atoms with Gasteiger partial charge in [0.2, 0.25) is 0 Å². The molecule has 0 radical (unpaired) electrons. The lowest BCUT2D eigenvalue weighted by molar-refractivity contribution is 0.629. The van der Waals surface area contributed by atoms with E-state index in [0.717, 1.165) is 21.5 Å². The number of aromatic nitrogens is 2. The fourth-order valence-corrected chi connectivity index (χ4v) is 5.34. The average Bonchev–Trinajstić information content (AvgIpc) is 3.34. The van der Waals surface area contributed by atoms with E-state index < -0.39 is 11.6 Å². The minimum absolute atomic E-state index is 0.241. The summed E-state index contributed by atoms with van der Waals surface area (Å²) in [6.45, 7) is 0. The molecule has 4 nitrogen and oxygen atoms in total. The third kappa shape index (κ3) is 4.80. The van der Waals surface area contributed by atoms with Crippen LogP contribution in [0.1, 0.15) is 21.1 Å². The summed E-state index contributed by atoms with van der Waals surface area (Å²) in [5.41, 5.74) is 1.54. The van der Waals surface area contributed by atoms with E-state index >= 15 is 0 Å². The Morgan fingerprint density at radius 1 is 0.806 bits per heavy atom. The number of hydrogen-bond acceptors (Lipinski definition) is 7. The van der Waals surface area contributed by atoms with Gasteiger partial charge in [-0.1, -0.05) is 12.2 Å². The zero-order chi connectivity index (χ0) is 21.8. The topological polar surface area (TPSA) is 73.4 Å². The number of nitrogens with zero attached hydrogens (tertiary/aromatic N) is 4. The molecule has 0 atom stereocenters. The maximum atomic E-state index is 13.5. The Bertz CT molecular complexity index is 1310. The molecule has 0 N–H and O–H groups in total. The van der Waals surface area contributed by atoms with Crippen LogP contribution in [0.3, 0.4) is 0 Å². The summed E-state index contributed by atoms with van der Waals surface area (Å²) < 4.78 is 28.4. The molecule has 9 heteroatoms. The SMILES string of the molecule is N#Cc1cc(F)cc2sc(C=CCSCC=Cc3nc4c(C#N)cc(F)cc4s3)nc12. The third-order valence-corrected chi connectivity index (χ3v) is 6.93. The first kappa shape index (κ1) is 21.1. The van der Waals surface area contributed by atoms with Crippen molar-refractivity contribution in [2.75, 3.05) is 11.5 Å². The van der Waals surface area contributed by atoms with Crippen molar-refractivity contribution in [3.8, 4) is 12.1 Å². The van der Waals surface area contributed by atoms with Crippen LogP contribution >= 0.6 is 34.4 Å². The van der Waals surface area contributed by atoms with Gasteiger partial charge in [-0.05, 0) is 36.4 Å². The second kappa shape index (κ2) is 9.36. The minimum atomic E-state index is -0.437. The molecule has 0 saturated heterocycles. The molecule has 31 heavy (non-hydrogen) atoms. The van der Waals surface area contributed by atoms with E-state index in [4.69, 9.17) is 10.5 Å². The summed E-state index contributed by atoms with van der Waals surface area (Å²) >= 11 is 4.37. The van der Waals surface area contributed by atoms with Crippen LogP contribution < -0.4 is 0 Å². The first-order valence-corrected chi connectivity index (χ1v) is 11.8. The van der Waals surface area contributed by atoms with Gasteiger partial charge in [0, 0.05) is 11.5 Å². The number of rotatable bonds is 6. The molecule has 0 saturated carbocycles. The van der Waals surface area contributed by atoms with Crippen molar-refractivity contribution >= 4 is 67.0 Å². The van der Waals surface area contributed by atoms with Gasteiger partial charge < -0.3 is 0 Å². The van der Waals surface area contributed by atoms with Crippen molar-refractivity contribution < 1.29 is 8.78 Å². The number of halogens is 2. The molecule has 0 aliphatic carbocycles. The summed E-state index contributed by atoms with van der Waals surface area (Å²) in [5, 5.41) is 19.7. The van der Waals surface area contributed by atoms with Crippen LogP contribution in [-0.4, -0.2) is 21.5 Å². The van der Waals surface area contributed by atoms with Crippen molar-refractivity contribution in [3.05, 3.63) is 69.2 Å². The molecule has 152 valence electrons. The van der Waals surface area contributed by atoms with Gasteiger partial charge in [0.1, 0.15) is 33.8 Å². The van der Waals surface area contributed by atoms with E-state index in [0.29, 0.717) is 20.4 Å². The predicted molar refractivity (Wildman–Crippen MR) is 124 cm³/mol. The minimum Gasteiger partial charge on any atom is -0.235 e. The fraction of sp³-hybridized carbons (Fsp3) is 0.0909. The molecule has 4 rings (SSSR count). The molecule has 0 aliphatic heterocycles. The summed E-state index contributed by atoms with van der Waals surface area (Å²) in [4.78, 5) is 8.80. The van der Waals surface area contributed by atoms with Gasteiger partial charge in [-0.3, -0.25) is 0 Å². The molecule has 0 bridgehead atoms. The summed E-state index contributed by atoms with van der Waals surface area (Å²) in [5.74, 6) is 0.632. The highest BCUT2D eigenvalue weighted by molar-refractivity contribution is 7.99. The van der Waals surface area contributed by atoms with Crippen molar-refractivity contribution in [3.63, 3.8) is 0 Å². The van der Waals surface area contributed by atoms with Crippen LogP contribution in [0.15, 0.2) is 36.4 Å². The van der Waals surface area contributed by atoms with Gasteiger partial charge in [-0.25, -0.2) is 18.7 Å². The molecule has 0 spiro atoms. The number of benzene rings is 2. The summed E-state index contributed by atoms with van der Waals surface area (Å²) in [6, 6.07) is 9.12. The number of hydrogen-bond donors (Lipinski definition) is 0. The predicted octanol–water partition coefficient (Wildman–Crippen LogP) is 6.39. The van der Waals surface area contributed by atoms with Crippen molar-refractivity contribution in [1.29, 1.82) is 10.5 Å². The van der Waals surface area contributed by atoms with Crippen molar-refractivity contribution in [2.24, 2.45) is 0 Å². The zero-order valence-electron chi connectivity index (χ0n) is 15.8. The Morgan fingerprint density at radius 2 is 1.26 bits per heavy atom. The first-order chi connectivity index (χ1) is 15.1. The van der Waals surface area contributed by atoms with E-state index in [-0.39, 0.29) is 11.1 Å². The molecule has 0 aliphatic rings. The maximum Gasteiger partial charge on any atom is 0.126 e. The van der Waals surface area contributed by atoms with Gasteiger partial charge in [0.15, 0.2) is 0 Å². The Hall–Kier alpha value is -3.11. The largest absolute Gasteiger partial charge is 0.235 e. The molecular weight excluding hydrogens is 454 g/mol. The molecule has 2 aromatic heterocycles. The third-order valence-electron chi connectivity index (χ3n) is 4.14. The molecule has 0 unspecified atom stereocenters. The normalized spacial score (nSPS) is 11.6. The monoisotopic (exact) mass is 466 g/mol. The van der Waals surface area contributed by atoms with Crippen LogP contribution in [-0.2, 0) is 0 Å². The molecule has 4 aromatic rings. The van der Waals surface area contributed by atoms with Crippen LogP contribution in [0.5, 0.6) is 0 Å². The molecule has 2 aromatic carbocycles. The quantitative estimate of drug-likeness (QED) is 0.308. The smallest absolute Gasteiger partial charge is 0.126 e. The number of fused-ring (bicyclic) bond motifs is 2. The van der Waals surface area contributed by atoms with Gasteiger partial charge in [-0.2, -0.15) is 22.3 Å². The highest BCUT2D eigenvalue weighted by Gasteiger charge is 2.10. The van der Waals surface area contributed by atoms with Crippen LogP contribution in [0, 0.1) is 34.3 Å². The van der Waals surface area contributed by atoms with E-state index in [1.165, 1.54) is 46.9 Å². The van der Waals surface area contributed by atoms with E-state index in [1.54, 1.807) is 11.8 Å². The number of thioether (sulfide) groups is 1. The van der Waals surface area contributed by atoms with Crippen molar-refractivity contribution in [2.45, 2.75) is 0 Å². The fourth-order valence-electron chi connectivity index (χ4n) is 2.84. The second-order valence-electron chi connectivity index (χ2n) is 6.27. The van der Waals surface area contributed by atoms with Crippen LogP contribution in [0.25, 0.3) is 32.6 Å². The molecular formula is C22H12F2N4S3. The molecule has 2 heterocycles. The van der Waals surface area contributed by atoms with Gasteiger partial charge in [-0.15, -0.1) is 22.7 Å². The summed E-state index contributed by atoms with van der Waals surface area (Å²) in [7, 11) is 0. The van der Waals surface area contributed by atoms with Gasteiger partial charge in [0.25, 0.3) is 0 Å². The average molecular weight is 467 g/mol. The first-order valence-electron chi connectivity index (χ1n) is 8.98. The van der Waals surface area contributed by atoms with Crippen LogP contribution in [0.2, 0.25) is 0 Å². The van der Waals surface area contributed by atoms with E-state index in [2.05, 4.69) is 9.97 Å². The van der Waals surface area contributed by atoms with Gasteiger partial charge >= 0.3 is 0 Å². The van der Waals surface area contributed by atoms with E-state index in [9.17, 15) is 8.78 Å². The molecule has 0 amide bonds. The molecule has 0 fully saturated rings. The van der Waals surface area contributed by atoms with Crippen molar-refractivity contribution in [1.82, 2.24) is 9.97 Å². The van der Waals surface area contributed by atoms with E-state index in [1.807, 2.05) is 36.4 Å². The lowest BCUT2D eigenvalue weighted by Crippen LogP contribution is -1.81.